The second kappa shape index (κ2) is 6.38. The van der Waals surface area contributed by atoms with Crippen molar-refractivity contribution in [2.75, 3.05) is 13.2 Å². The van der Waals surface area contributed by atoms with Crippen LogP contribution in [0.4, 0.5) is 13.2 Å². The number of aromatic nitrogens is 2. The van der Waals surface area contributed by atoms with Crippen molar-refractivity contribution in [3.8, 4) is 0 Å². The lowest BCUT2D eigenvalue weighted by Crippen LogP contribution is -2.28. The van der Waals surface area contributed by atoms with Crippen LogP contribution in [0.2, 0.25) is 0 Å². The Morgan fingerprint density at radius 1 is 1.24 bits per heavy atom. The summed E-state index contributed by atoms with van der Waals surface area (Å²) in [5.74, 6) is -1.25. The largest absolute Gasteiger partial charge is 0.462 e. The summed E-state index contributed by atoms with van der Waals surface area (Å²) in [6.45, 7) is 6.56. The molecule has 21 heavy (non-hydrogen) atoms. The molecule has 118 valence electrons. The summed E-state index contributed by atoms with van der Waals surface area (Å²) in [6.07, 6.45) is -3.97. The van der Waals surface area contributed by atoms with Crippen LogP contribution >= 0.6 is 0 Å². The lowest BCUT2D eigenvalue weighted by atomic mass is 10.1. The van der Waals surface area contributed by atoms with E-state index < -0.39 is 29.0 Å². The molecule has 0 radical (unpaired) electrons. The first-order valence-electron chi connectivity index (χ1n) is 6.39. The predicted octanol–water partition coefficient (Wildman–Crippen LogP) is 2.94. The highest BCUT2D eigenvalue weighted by Crippen LogP contribution is 2.32. The molecule has 1 aromatic heterocycles. The van der Waals surface area contributed by atoms with Gasteiger partial charge in [-0.3, -0.25) is 0 Å². The van der Waals surface area contributed by atoms with E-state index in [0.29, 0.717) is 0 Å². The van der Waals surface area contributed by atoms with E-state index >= 15 is 0 Å². The van der Waals surface area contributed by atoms with Gasteiger partial charge in [-0.1, -0.05) is 0 Å². The molecule has 0 aliphatic carbocycles. The zero-order valence-electron chi connectivity index (χ0n) is 12.2. The van der Waals surface area contributed by atoms with Crippen molar-refractivity contribution in [3.63, 3.8) is 0 Å². The van der Waals surface area contributed by atoms with Crippen LogP contribution in [0, 0.1) is 0 Å². The summed E-state index contributed by atoms with van der Waals surface area (Å²) in [4.78, 5) is 18.9. The molecule has 5 nitrogen and oxygen atoms in total. The van der Waals surface area contributed by atoms with E-state index in [1.165, 1.54) is 6.92 Å². The summed E-state index contributed by atoms with van der Waals surface area (Å²) < 4.78 is 49.1. The molecule has 0 aromatic carbocycles. The molecular weight excluding hydrogens is 289 g/mol. The van der Waals surface area contributed by atoms with E-state index in [-0.39, 0.29) is 19.0 Å². The Balaban J connectivity index is 3.35. The van der Waals surface area contributed by atoms with Crippen molar-refractivity contribution in [3.05, 3.63) is 23.3 Å². The number of halogens is 3. The van der Waals surface area contributed by atoms with Crippen molar-refractivity contribution in [2.24, 2.45) is 0 Å². The molecule has 0 N–H and O–H groups in total. The Morgan fingerprint density at radius 2 is 1.86 bits per heavy atom. The van der Waals surface area contributed by atoms with Crippen LogP contribution in [0.5, 0.6) is 0 Å². The summed E-state index contributed by atoms with van der Waals surface area (Å²) in [5, 5.41) is 0. The van der Waals surface area contributed by atoms with E-state index in [1.807, 2.05) is 0 Å². The number of ether oxygens (including phenoxy) is 2. The number of carbonyl (C=O) groups is 1. The van der Waals surface area contributed by atoms with Crippen molar-refractivity contribution in [1.82, 2.24) is 9.97 Å². The van der Waals surface area contributed by atoms with Gasteiger partial charge in [0, 0.05) is 12.8 Å². The topological polar surface area (TPSA) is 61.3 Å². The molecule has 0 amide bonds. The van der Waals surface area contributed by atoms with Gasteiger partial charge in [-0.25, -0.2) is 14.8 Å². The highest BCUT2D eigenvalue weighted by atomic mass is 19.4. The highest BCUT2D eigenvalue weighted by Gasteiger charge is 2.40. The Bertz CT molecular complexity index is 516. The van der Waals surface area contributed by atoms with Gasteiger partial charge in [0.05, 0.1) is 6.61 Å². The molecule has 0 atom stereocenters. The number of hydrogen-bond donors (Lipinski definition) is 0. The van der Waals surface area contributed by atoms with Gasteiger partial charge in [0.2, 0.25) is 0 Å². The molecule has 0 fully saturated rings. The lowest BCUT2D eigenvalue weighted by molar-refractivity contribution is -0.142. The zero-order valence-corrected chi connectivity index (χ0v) is 12.2. The van der Waals surface area contributed by atoms with Gasteiger partial charge >= 0.3 is 12.1 Å². The Kier molecular flexibility index (Phi) is 5.27. The van der Waals surface area contributed by atoms with Gasteiger partial charge < -0.3 is 9.47 Å². The van der Waals surface area contributed by atoms with Crippen molar-refractivity contribution in [2.45, 2.75) is 39.5 Å². The van der Waals surface area contributed by atoms with Crippen molar-refractivity contribution < 1.29 is 27.4 Å². The molecule has 0 aliphatic rings. The minimum Gasteiger partial charge on any atom is -0.462 e. The van der Waals surface area contributed by atoms with E-state index in [1.54, 1.807) is 20.8 Å². The fourth-order valence-electron chi connectivity index (χ4n) is 1.67. The van der Waals surface area contributed by atoms with E-state index in [0.717, 1.165) is 6.20 Å². The van der Waals surface area contributed by atoms with Gasteiger partial charge in [0.15, 0.2) is 11.5 Å². The van der Waals surface area contributed by atoms with Gasteiger partial charge in [-0.2, -0.15) is 13.2 Å². The maximum Gasteiger partial charge on any atom is 0.434 e. The predicted molar refractivity (Wildman–Crippen MR) is 67.6 cm³/mol. The quantitative estimate of drug-likeness (QED) is 0.783. The molecule has 0 bridgehead atoms. The minimum atomic E-state index is -4.79. The Hall–Kier alpha value is -1.70. The Morgan fingerprint density at radius 3 is 2.33 bits per heavy atom. The molecule has 0 saturated heterocycles. The maximum absolute atomic E-state index is 13.1. The SMILES string of the molecule is CCOC(=O)c1cnc(C(C)(C)OCC)nc1C(F)(F)F. The molecule has 8 heteroatoms. The van der Waals surface area contributed by atoms with E-state index in [4.69, 9.17) is 4.74 Å². The number of hydrogen-bond acceptors (Lipinski definition) is 5. The third-order valence-electron chi connectivity index (χ3n) is 2.60. The molecule has 0 unspecified atom stereocenters. The molecule has 1 rings (SSSR count). The first-order chi connectivity index (χ1) is 9.63. The van der Waals surface area contributed by atoms with Gasteiger partial charge in [0.25, 0.3) is 0 Å². The average Bonchev–Trinajstić information content (AvgIpc) is 2.37. The van der Waals surface area contributed by atoms with E-state index in [2.05, 4.69) is 14.7 Å². The molecule has 0 aliphatic heterocycles. The molecule has 0 saturated carbocycles. The standard InChI is InChI=1S/C13H17F3N2O3/c1-5-20-10(19)8-7-17-11(12(3,4)21-6-2)18-9(8)13(14,15)16/h7H,5-6H2,1-4H3. The summed E-state index contributed by atoms with van der Waals surface area (Å²) >= 11 is 0. The molecule has 0 spiro atoms. The monoisotopic (exact) mass is 306 g/mol. The van der Waals surface area contributed by atoms with Crippen LogP contribution in [0.15, 0.2) is 6.20 Å². The van der Waals surface area contributed by atoms with Crippen LogP contribution in [-0.2, 0) is 21.3 Å². The second-order valence-electron chi connectivity index (χ2n) is 4.62. The van der Waals surface area contributed by atoms with Crippen LogP contribution in [-0.4, -0.2) is 29.2 Å². The number of esters is 1. The fourth-order valence-corrected chi connectivity index (χ4v) is 1.67. The lowest BCUT2D eigenvalue weighted by Gasteiger charge is -2.24. The van der Waals surface area contributed by atoms with Gasteiger partial charge in [-0.15, -0.1) is 0 Å². The van der Waals surface area contributed by atoms with Crippen LogP contribution in [0.1, 0.15) is 49.6 Å². The molecule has 1 aromatic rings. The fraction of sp³-hybridized carbons (Fsp3) is 0.615. The molecular formula is C13H17F3N2O3. The number of nitrogens with zero attached hydrogens (tertiary/aromatic N) is 2. The van der Waals surface area contributed by atoms with Crippen molar-refractivity contribution >= 4 is 5.97 Å². The normalized spacial score (nSPS) is 12.3. The maximum atomic E-state index is 13.1. The average molecular weight is 306 g/mol. The summed E-state index contributed by atoms with van der Waals surface area (Å²) in [7, 11) is 0. The number of alkyl halides is 3. The Labute approximate surface area is 120 Å². The second-order valence-corrected chi connectivity index (χ2v) is 4.62. The smallest absolute Gasteiger partial charge is 0.434 e. The number of carbonyl (C=O) groups excluding carboxylic acids is 1. The minimum absolute atomic E-state index is 0.0394. The van der Waals surface area contributed by atoms with Crippen LogP contribution in [0.25, 0.3) is 0 Å². The van der Waals surface area contributed by atoms with Crippen LogP contribution < -0.4 is 0 Å². The highest BCUT2D eigenvalue weighted by molar-refractivity contribution is 5.90. The van der Waals surface area contributed by atoms with E-state index in [9.17, 15) is 18.0 Å². The molecule has 1 heterocycles. The summed E-state index contributed by atoms with van der Waals surface area (Å²) in [6, 6.07) is 0. The van der Waals surface area contributed by atoms with Gasteiger partial charge in [-0.05, 0) is 27.7 Å². The first kappa shape index (κ1) is 17.4. The first-order valence-corrected chi connectivity index (χ1v) is 6.39. The third-order valence-corrected chi connectivity index (χ3v) is 2.60. The van der Waals surface area contributed by atoms with Crippen molar-refractivity contribution in [1.29, 1.82) is 0 Å². The summed E-state index contributed by atoms with van der Waals surface area (Å²) in [5.41, 5.74) is -3.12. The zero-order chi connectivity index (χ0) is 16.3. The van der Waals surface area contributed by atoms with Crippen LogP contribution in [0.3, 0.4) is 0 Å². The number of rotatable bonds is 5. The third kappa shape index (κ3) is 4.13. The van der Waals surface area contributed by atoms with Gasteiger partial charge in [0.1, 0.15) is 11.2 Å².